The Morgan fingerprint density at radius 3 is 2.68 bits per heavy atom. The van der Waals surface area contributed by atoms with Gasteiger partial charge in [0.15, 0.2) is 6.61 Å². The lowest BCUT2D eigenvalue weighted by molar-refractivity contribution is -0.137. The molecule has 0 radical (unpaired) electrons. The average molecular weight is 539 g/mol. The van der Waals surface area contributed by atoms with Crippen molar-refractivity contribution in [3.05, 3.63) is 29.0 Å². The molecular formula is C26H36ClFN4O5. The number of hydrogen-bond acceptors (Lipinski definition) is 7. The zero-order valence-corrected chi connectivity index (χ0v) is 21.7. The summed E-state index contributed by atoms with van der Waals surface area (Å²) >= 11 is 5.68. The topological polar surface area (TPSA) is 112 Å². The number of morpholine rings is 1. The van der Waals surface area contributed by atoms with E-state index in [-0.39, 0.29) is 35.2 Å². The first-order valence-electron chi connectivity index (χ1n) is 13.2. The van der Waals surface area contributed by atoms with E-state index < -0.39 is 23.0 Å². The van der Waals surface area contributed by atoms with Crippen LogP contribution in [0.3, 0.4) is 0 Å². The van der Waals surface area contributed by atoms with Crippen LogP contribution in [0.1, 0.15) is 44.9 Å². The fourth-order valence-electron chi connectivity index (χ4n) is 6.41. The Balaban J connectivity index is 1.13. The van der Waals surface area contributed by atoms with E-state index in [0.717, 1.165) is 51.8 Å². The van der Waals surface area contributed by atoms with Gasteiger partial charge in [0.2, 0.25) is 5.91 Å². The molecule has 5 aliphatic rings. The second-order valence-electron chi connectivity index (χ2n) is 10.9. The van der Waals surface area contributed by atoms with E-state index in [9.17, 15) is 19.1 Å². The fourth-order valence-corrected chi connectivity index (χ4v) is 6.53. The molecule has 2 aliphatic heterocycles. The van der Waals surface area contributed by atoms with Crippen molar-refractivity contribution in [1.29, 1.82) is 0 Å². The lowest BCUT2D eigenvalue weighted by atomic mass is 9.59. The monoisotopic (exact) mass is 538 g/mol. The van der Waals surface area contributed by atoms with E-state index in [1.807, 2.05) is 0 Å². The maximum Gasteiger partial charge on any atom is 0.258 e. The number of rotatable bonds is 7. The van der Waals surface area contributed by atoms with Crippen molar-refractivity contribution in [3.8, 4) is 5.75 Å². The van der Waals surface area contributed by atoms with E-state index in [4.69, 9.17) is 21.1 Å². The van der Waals surface area contributed by atoms with Crippen LogP contribution in [0.5, 0.6) is 5.75 Å². The summed E-state index contributed by atoms with van der Waals surface area (Å²) in [6.45, 7) is 3.80. The summed E-state index contributed by atoms with van der Waals surface area (Å²) in [5.74, 6) is -0.802. The fraction of sp³-hybridized carbons (Fsp3) is 0.692. The molecule has 204 valence electrons. The number of halogens is 2. The molecule has 2 heterocycles. The molecule has 0 aromatic heterocycles. The van der Waals surface area contributed by atoms with Gasteiger partial charge in [-0.15, -0.1) is 0 Å². The lowest BCUT2D eigenvalue weighted by Gasteiger charge is -2.56. The van der Waals surface area contributed by atoms with Crippen LogP contribution in [0.2, 0.25) is 5.02 Å². The molecule has 2 amide bonds. The van der Waals surface area contributed by atoms with E-state index in [1.54, 1.807) is 0 Å². The molecular weight excluding hydrogens is 503 g/mol. The zero-order chi connectivity index (χ0) is 26.0. The van der Waals surface area contributed by atoms with Crippen LogP contribution in [0.4, 0.5) is 4.39 Å². The van der Waals surface area contributed by atoms with Gasteiger partial charge < -0.3 is 30.5 Å². The highest BCUT2D eigenvalue weighted by Gasteiger charge is 2.55. The predicted octanol–water partition coefficient (Wildman–Crippen LogP) is 1.36. The number of aliphatic hydroxyl groups is 1. The summed E-state index contributed by atoms with van der Waals surface area (Å²) in [6, 6.07) is 4.11. The quantitative estimate of drug-likeness (QED) is 0.415. The molecule has 1 aromatic carbocycles. The minimum Gasteiger partial charge on any atom is -0.484 e. The molecule has 3 aliphatic carbocycles. The van der Waals surface area contributed by atoms with Crippen LogP contribution < -0.4 is 20.7 Å². The molecule has 9 nitrogen and oxygen atoms in total. The molecule has 4 N–H and O–H groups in total. The van der Waals surface area contributed by atoms with Gasteiger partial charge in [-0.25, -0.2) is 4.39 Å². The first-order valence-corrected chi connectivity index (χ1v) is 13.6. The van der Waals surface area contributed by atoms with Crippen LogP contribution in [-0.4, -0.2) is 90.5 Å². The normalized spacial score (nSPS) is 34.1. The van der Waals surface area contributed by atoms with E-state index in [0.29, 0.717) is 38.1 Å². The molecule has 0 spiro atoms. The second-order valence-corrected chi connectivity index (χ2v) is 11.3. The lowest BCUT2D eigenvalue weighted by Crippen LogP contribution is -2.71. The molecule has 3 atom stereocenters. The van der Waals surface area contributed by atoms with Crippen molar-refractivity contribution in [1.82, 2.24) is 20.9 Å². The Morgan fingerprint density at radius 1 is 1.22 bits per heavy atom. The Labute approximate surface area is 221 Å². The van der Waals surface area contributed by atoms with Crippen molar-refractivity contribution >= 4 is 23.4 Å². The number of carbonyl (C=O) groups excluding carboxylic acids is 2. The number of aliphatic hydroxyl groups excluding tert-OH is 1. The third-order valence-corrected chi connectivity index (χ3v) is 8.92. The van der Waals surface area contributed by atoms with Gasteiger partial charge in [0.25, 0.3) is 5.91 Å². The first kappa shape index (κ1) is 26.6. The Kier molecular flexibility index (Phi) is 7.93. The van der Waals surface area contributed by atoms with Crippen molar-refractivity contribution in [2.45, 2.75) is 74.2 Å². The summed E-state index contributed by atoms with van der Waals surface area (Å²) < 4.78 is 24.5. The van der Waals surface area contributed by atoms with Gasteiger partial charge in [0.1, 0.15) is 11.6 Å². The zero-order valence-electron chi connectivity index (χ0n) is 20.9. The van der Waals surface area contributed by atoms with Crippen LogP contribution in [0, 0.1) is 5.82 Å². The standard InChI is InChI=1S/C26H36ClFN4O5/c27-19-2-1-18(14-20(19)28)37-16-23(34)30-26-6-4-25(5-7-26,15-22(26)33)31-24(35)21-13-17(3-8-29-21)32-9-11-36-12-10-32/h1-2,14,17,21-22,29,33H,3-13,15-16H2,(H,30,34)(H,31,35). The minimum atomic E-state index is -0.785. The number of hydrogen-bond donors (Lipinski definition) is 4. The van der Waals surface area contributed by atoms with Gasteiger partial charge in [-0.05, 0) is 63.6 Å². The Hall–Kier alpha value is -1.98. The molecule has 1 aromatic rings. The van der Waals surface area contributed by atoms with Crippen LogP contribution >= 0.6 is 11.6 Å². The SMILES string of the molecule is O=C(COc1ccc(Cl)c(F)c1)NC12CCC(NC(=O)C3CC(N4CCOCC4)CCN3)(CC1)CC2O. The van der Waals surface area contributed by atoms with Crippen LogP contribution in [-0.2, 0) is 14.3 Å². The molecule has 11 heteroatoms. The van der Waals surface area contributed by atoms with Gasteiger partial charge in [-0.1, -0.05) is 11.6 Å². The number of piperidine rings is 1. The smallest absolute Gasteiger partial charge is 0.258 e. The van der Waals surface area contributed by atoms with Crippen LogP contribution in [0.15, 0.2) is 18.2 Å². The summed E-state index contributed by atoms with van der Waals surface area (Å²) in [5.41, 5.74) is -1.21. The molecule has 2 saturated heterocycles. The number of benzene rings is 1. The van der Waals surface area contributed by atoms with Gasteiger partial charge in [0, 0.05) is 30.7 Å². The van der Waals surface area contributed by atoms with Crippen molar-refractivity contribution in [3.63, 3.8) is 0 Å². The Bertz CT molecular complexity index is 999. The number of fused-ring (bicyclic) bond motifs is 3. The van der Waals surface area contributed by atoms with Gasteiger partial charge in [0.05, 0.1) is 35.9 Å². The predicted molar refractivity (Wildman–Crippen MR) is 135 cm³/mol. The number of nitrogens with one attached hydrogen (secondary N) is 3. The second kappa shape index (κ2) is 11.0. The average Bonchev–Trinajstić information content (AvgIpc) is 2.91. The maximum atomic E-state index is 13.6. The van der Waals surface area contributed by atoms with Crippen molar-refractivity contribution < 1.29 is 28.6 Å². The van der Waals surface area contributed by atoms with Crippen molar-refractivity contribution in [2.24, 2.45) is 0 Å². The van der Waals surface area contributed by atoms with Crippen LogP contribution in [0.25, 0.3) is 0 Å². The molecule has 5 fully saturated rings. The van der Waals surface area contributed by atoms with Gasteiger partial charge in [-0.3, -0.25) is 14.5 Å². The number of amides is 2. The summed E-state index contributed by atoms with van der Waals surface area (Å²) in [5, 5.41) is 20.7. The Morgan fingerprint density at radius 2 is 1.97 bits per heavy atom. The van der Waals surface area contributed by atoms with Crippen molar-refractivity contribution in [2.75, 3.05) is 39.5 Å². The first-order chi connectivity index (χ1) is 17.8. The largest absolute Gasteiger partial charge is 0.484 e. The summed E-state index contributed by atoms with van der Waals surface area (Å²) in [4.78, 5) is 28.3. The highest BCUT2D eigenvalue weighted by molar-refractivity contribution is 6.30. The molecule has 6 rings (SSSR count). The van der Waals surface area contributed by atoms with E-state index in [1.165, 1.54) is 12.1 Å². The van der Waals surface area contributed by atoms with Gasteiger partial charge in [-0.2, -0.15) is 0 Å². The van der Waals surface area contributed by atoms with Gasteiger partial charge >= 0.3 is 0 Å². The maximum absolute atomic E-state index is 13.6. The molecule has 37 heavy (non-hydrogen) atoms. The third-order valence-electron chi connectivity index (χ3n) is 8.61. The highest BCUT2D eigenvalue weighted by Crippen LogP contribution is 2.47. The third kappa shape index (κ3) is 5.88. The highest BCUT2D eigenvalue weighted by atomic mass is 35.5. The van der Waals surface area contributed by atoms with E-state index in [2.05, 4.69) is 20.9 Å². The number of nitrogens with zero attached hydrogens (tertiary/aromatic N) is 1. The summed E-state index contributed by atoms with van der Waals surface area (Å²) in [6.07, 6.45) is 3.87. The summed E-state index contributed by atoms with van der Waals surface area (Å²) in [7, 11) is 0. The molecule has 3 saturated carbocycles. The number of ether oxygens (including phenoxy) is 2. The molecule has 2 bridgehead atoms. The number of carbonyl (C=O) groups is 2. The molecule has 3 unspecified atom stereocenters. The minimum absolute atomic E-state index is 0.00723. The van der Waals surface area contributed by atoms with E-state index >= 15 is 0 Å².